The van der Waals surface area contributed by atoms with Crippen molar-refractivity contribution in [3.63, 3.8) is 0 Å². The molecule has 0 amide bonds. The summed E-state index contributed by atoms with van der Waals surface area (Å²) in [4.78, 5) is 2.25. The number of thiocarbonyl (C=S) groups is 1. The molecule has 1 N–H and O–H groups in total. The Labute approximate surface area is 161 Å². The van der Waals surface area contributed by atoms with Gasteiger partial charge in [0, 0.05) is 19.2 Å². The fourth-order valence-corrected chi connectivity index (χ4v) is 3.69. The Morgan fingerprint density at radius 2 is 1.81 bits per heavy atom. The number of rotatable bonds is 5. The van der Waals surface area contributed by atoms with E-state index in [4.69, 9.17) is 21.7 Å². The highest BCUT2D eigenvalue weighted by Gasteiger charge is 2.21. The number of benzene rings is 2. The third-order valence-electron chi connectivity index (χ3n) is 4.92. The van der Waals surface area contributed by atoms with Gasteiger partial charge in [0.15, 0.2) is 5.11 Å². The Kier molecular flexibility index (Phi) is 6.34. The van der Waals surface area contributed by atoms with Crippen LogP contribution in [-0.4, -0.2) is 37.3 Å². The average Bonchev–Trinajstić information content (AvgIpc) is 2.69. The average molecular weight is 371 g/mol. The van der Waals surface area contributed by atoms with Gasteiger partial charge in [0.25, 0.3) is 0 Å². The Morgan fingerprint density at radius 3 is 2.46 bits per heavy atom. The molecule has 4 nitrogen and oxygen atoms in total. The van der Waals surface area contributed by atoms with E-state index >= 15 is 0 Å². The smallest absolute Gasteiger partial charge is 0.173 e. The van der Waals surface area contributed by atoms with E-state index in [1.165, 1.54) is 5.56 Å². The number of hydrogen-bond acceptors (Lipinski definition) is 3. The van der Waals surface area contributed by atoms with Crippen LogP contribution >= 0.6 is 12.2 Å². The maximum Gasteiger partial charge on any atom is 0.173 e. The minimum absolute atomic E-state index is 0.725. The first kappa shape index (κ1) is 18.5. The van der Waals surface area contributed by atoms with Crippen LogP contribution < -0.4 is 14.8 Å². The Hall–Kier alpha value is -2.27. The van der Waals surface area contributed by atoms with Crippen LogP contribution in [0, 0.1) is 5.92 Å². The molecule has 0 spiro atoms. The summed E-state index contributed by atoms with van der Waals surface area (Å²) in [6.07, 6.45) is 3.47. The highest BCUT2D eigenvalue weighted by Crippen LogP contribution is 2.30. The highest BCUT2D eigenvalue weighted by atomic mass is 32.1. The van der Waals surface area contributed by atoms with Crippen LogP contribution in [0.5, 0.6) is 11.5 Å². The quantitative estimate of drug-likeness (QED) is 0.791. The summed E-state index contributed by atoms with van der Waals surface area (Å²) in [7, 11) is 3.31. The number of nitrogens with zero attached hydrogens (tertiary/aromatic N) is 1. The predicted molar refractivity (Wildman–Crippen MR) is 110 cm³/mol. The van der Waals surface area contributed by atoms with Gasteiger partial charge in [-0.05, 0) is 55.1 Å². The van der Waals surface area contributed by atoms with Gasteiger partial charge >= 0.3 is 0 Å². The number of likely N-dealkylation sites (tertiary alicyclic amines) is 1. The van der Waals surface area contributed by atoms with E-state index in [1.54, 1.807) is 14.2 Å². The first-order chi connectivity index (χ1) is 12.7. The normalized spacial score (nSPS) is 14.8. The summed E-state index contributed by atoms with van der Waals surface area (Å²) in [6, 6.07) is 16.4. The fraction of sp³-hybridized carbons (Fsp3) is 0.381. The van der Waals surface area contributed by atoms with Gasteiger partial charge in [0.2, 0.25) is 0 Å². The number of ether oxygens (including phenoxy) is 2. The lowest BCUT2D eigenvalue weighted by molar-refractivity contribution is 0.268. The molecule has 1 fully saturated rings. The zero-order chi connectivity index (χ0) is 18.4. The van der Waals surface area contributed by atoms with Crippen molar-refractivity contribution in [3.8, 4) is 11.5 Å². The van der Waals surface area contributed by atoms with Crippen molar-refractivity contribution >= 4 is 23.0 Å². The van der Waals surface area contributed by atoms with Gasteiger partial charge in [-0.1, -0.05) is 30.3 Å². The maximum atomic E-state index is 5.63. The summed E-state index contributed by atoms with van der Waals surface area (Å²) in [5, 5.41) is 4.07. The van der Waals surface area contributed by atoms with Gasteiger partial charge in [-0.3, -0.25) is 0 Å². The molecule has 0 atom stereocenters. The monoisotopic (exact) mass is 370 g/mol. The molecule has 0 bridgehead atoms. The van der Waals surface area contributed by atoms with Crippen LogP contribution in [0.1, 0.15) is 18.4 Å². The van der Waals surface area contributed by atoms with Crippen LogP contribution in [0.4, 0.5) is 5.69 Å². The van der Waals surface area contributed by atoms with Gasteiger partial charge in [0.05, 0.1) is 19.9 Å². The summed E-state index contributed by atoms with van der Waals surface area (Å²) in [5.41, 5.74) is 2.26. The van der Waals surface area contributed by atoms with Gasteiger partial charge in [-0.25, -0.2) is 0 Å². The molecule has 0 saturated carbocycles. The molecular formula is C21H26N2O2S. The molecule has 0 aromatic heterocycles. The van der Waals surface area contributed by atoms with E-state index in [0.717, 1.165) is 60.6 Å². The molecule has 2 aromatic carbocycles. The van der Waals surface area contributed by atoms with Crippen molar-refractivity contribution in [2.24, 2.45) is 5.92 Å². The number of anilines is 1. The van der Waals surface area contributed by atoms with Gasteiger partial charge in [-0.2, -0.15) is 0 Å². The molecule has 3 rings (SSSR count). The summed E-state index contributed by atoms with van der Waals surface area (Å²) in [6.45, 7) is 1.96. The van der Waals surface area contributed by atoms with Gasteiger partial charge in [-0.15, -0.1) is 0 Å². The van der Waals surface area contributed by atoms with Crippen LogP contribution in [0.15, 0.2) is 48.5 Å². The molecule has 0 radical (unpaired) electrons. The molecular weight excluding hydrogens is 344 g/mol. The predicted octanol–water partition coefficient (Wildman–Crippen LogP) is 4.36. The second-order valence-corrected chi connectivity index (χ2v) is 7.00. The van der Waals surface area contributed by atoms with Crippen LogP contribution in [-0.2, 0) is 6.42 Å². The lowest BCUT2D eigenvalue weighted by Crippen LogP contribution is -2.41. The van der Waals surface area contributed by atoms with Crippen molar-refractivity contribution in [3.05, 3.63) is 54.1 Å². The number of piperidine rings is 1. The summed E-state index contributed by atoms with van der Waals surface area (Å²) in [5.74, 6) is 2.26. The number of nitrogens with one attached hydrogen (secondary N) is 1. The van der Waals surface area contributed by atoms with Crippen molar-refractivity contribution in [1.82, 2.24) is 4.90 Å². The largest absolute Gasteiger partial charge is 0.497 e. The zero-order valence-corrected chi connectivity index (χ0v) is 16.2. The second-order valence-electron chi connectivity index (χ2n) is 6.62. The Balaban J connectivity index is 1.55. The third kappa shape index (κ3) is 4.67. The summed E-state index contributed by atoms with van der Waals surface area (Å²) < 4.78 is 10.7. The first-order valence-electron chi connectivity index (χ1n) is 9.01. The molecule has 1 aliphatic heterocycles. The number of methoxy groups -OCH3 is 2. The molecule has 1 saturated heterocycles. The van der Waals surface area contributed by atoms with E-state index in [9.17, 15) is 0 Å². The fourth-order valence-electron chi connectivity index (χ4n) is 3.39. The minimum Gasteiger partial charge on any atom is -0.497 e. The molecule has 2 aromatic rings. The molecule has 0 aliphatic carbocycles. The molecule has 1 heterocycles. The van der Waals surface area contributed by atoms with Gasteiger partial charge < -0.3 is 19.7 Å². The van der Waals surface area contributed by atoms with Crippen LogP contribution in [0.2, 0.25) is 0 Å². The Bertz CT molecular complexity index is 728. The van der Waals surface area contributed by atoms with Crippen molar-refractivity contribution in [2.45, 2.75) is 19.3 Å². The maximum absolute atomic E-state index is 5.63. The minimum atomic E-state index is 0.725. The van der Waals surface area contributed by atoms with Crippen LogP contribution in [0.3, 0.4) is 0 Å². The number of hydrogen-bond donors (Lipinski definition) is 1. The highest BCUT2D eigenvalue weighted by molar-refractivity contribution is 7.80. The standard InChI is InChI=1S/C21H26N2O2S/c1-24-18-8-9-20(25-2)19(15-18)22-21(26)23-12-10-17(11-13-23)14-16-6-4-3-5-7-16/h3-9,15,17H,10-14H2,1-2H3,(H,22,26). The molecule has 1 aliphatic rings. The lowest BCUT2D eigenvalue weighted by atomic mass is 9.90. The van der Waals surface area contributed by atoms with Crippen molar-refractivity contribution in [2.75, 3.05) is 32.6 Å². The van der Waals surface area contributed by atoms with E-state index in [-0.39, 0.29) is 0 Å². The first-order valence-corrected chi connectivity index (χ1v) is 9.42. The topological polar surface area (TPSA) is 33.7 Å². The van der Waals surface area contributed by atoms with Crippen molar-refractivity contribution in [1.29, 1.82) is 0 Å². The van der Waals surface area contributed by atoms with E-state index in [1.807, 2.05) is 18.2 Å². The van der Waals surface area contributed by atoms with Crippen LogP contribution in [0.25, 0.3) is 0 Å². The van der Waals surface area contributed by atoms with E-state index in [0.29, 0.717) is 0 Å². The second kappa shape index (κ2) is 8.90. The molecule has 5 heteroatoms. The lowest BCUT2D eigenvalue weighted by Gasteiger charge is -2.34. The third-order valence-corrected chi connectivity index (χ3v) is 5.28. The van der Waals surface area contributed by atoms with E-state index in [2.05, 4.69) is 40.5 Å². The van der Waals surface area contributed by atoms with Gasteiger partial charge in [0.1, 0.15) is 11.5 Å². The molecule has 138 valence electrons. The van der Waals surface area contributed by atoms with E-state index < -0.39 is 0 Å². The zero-order valence-electron chi connectivity index (χ0n) is 15.4. The molecule has 26 heavy (non-hydrogen) atoms. The SMILES string of the molecule is COc1ccc(OC)c(NC(=S)N2CCC(Cc3ccccc3)CC2)c1. The molecule has 0 unspecified atom stereocenters. The van der Waals surface area contributed by atoms with Crippen molar-refractivity contribution < 1.29 is 9.47 Å². The Morgan fingerprint density at radius 1 is 1.08 bits per heavy atom. The summed E-state index contributed by atoms with van der Waals surface area (Å²) >= 11 is 5.63.